The molecule has 0 radical (unpaired) electrons. The molecule has 1 aromatic carbocycles. The standard InChI is InChI=1S/C13H18BrN/c1-10-7-11(9-12(14)8-10)13(15)5-3-2-4-6-13/h7-9H,2-6,15H2,1H3. The van der Waals surface area contributed by atoms with Gasteiger partial charge in [-0.3, -0.25) is 0 Å². The van der Waals surface area contributed by atoms with Gasteiger partial charge in [0.2, 0.25) is 0 Å². The molecule has 0 heterocycles. The van der Waals surface area contributed by atoms with Crippen molar-refractivity contribution in [3.8, 4) is 0 Å². The zero-order valence-electron chi connectivity index (χ0n) is 9.22. The van der Waals surface area contributed by atoms with Crippen LogP contribution >= 0.6 is 15.9 Å². The summed E-state index contributed by atoms with van der Waals surface area (Å²) >= 11 is 3.55. The van der Waals surface area contributed by atoms with Crippen LogP contribution in [0.5, 0.6) is 0 Å². The molecular weight excluding hydrogens is 250 g/mol. The van der Waals surface area contributed by atoms with E-state index in [1.807, 2.05) is 0 Å². The van der Waals surface area contributed by atoms with Gasteiger partial charge >= 0.3 is 0 Å². The first kappa shape index (κ1) is 11.2. The minimum atomic E-state index is -0.0766. The van der Waals surface area contributed by atoms with E-state index in [1.165, 1.54) is 30.4 Å². The molecule has 1 fully saturated rings. The van der Waals surface area contributed by atoms with Crippen LogP contribution in [0.15, 0.2) is 22.7 Å². The van der Waals surface area contributed by atoms with Crippen molar-refractivity contribution in [2.75, 3.05) is 0 Å². The summed E-state index contributed by atoms with van der Waals surface area (Å²) in [6, 6.07) is 6.55. The molecule has 1 aliphatic carbocycles. The molecule has 0 bridgehead atoms. The van der Waals surface area contributed by atoms with Crippen molar-refractivity contribution in [1.29, 1.82) is 0 Å². The first-order chi connectivity index (χ1) is 7.10. The molecule has 1 aromatic rings. The highest BCUT2D eigenvalue weighted by Crippen LogP contribution is 2.36. The maximum Gasteiger partial charge on any atom is 0.0410 e. The van der Waals surface area contributed by atoms with Gasteiger partial charge in [-0.1, -0.05) is 41.3 Å². The average molecular weight is 268 g/mol. The van der Waals surface area contributed by atoms with E-state index in [4.69, 9.17) is 5.73 Å². The Morgan fingerprint density at radius 3 is 2.40 bits per heavy atom. The average Bonchev–Trinajstić information content (AvgIpc) is 2.17. The largest absolute Gasteiger partial charge is 0.321 e. The number of hydrogen-bond donors (Lipinski definition) is 1. The molecule has 1 nitrogen and oxygen atoms in total. The third-order valence-corrected chi connectivity index (χ3v) is 3.82. The van der Waals surface area contributed by atoms with Crippen LogP contribution < -0.4 is 5.73 Å². The van der Waals surface area contributed by atoms with Crippen LogP contribution in [0.3, 0.4) is 0 Å². The van der Waals surface area contributed by atoms with Crippen molar-refractivity contribution < 1.29 is 0 Å². The summed E-state index contributed by atoms with van der Waals surface area (Å²) in [4.78, 5) is 0. The Kier molecular flexibility index (Phi) is 3.17. The van der Waals surface area contributed by atoms with E-state index >= 15 is 0 Å². The van der Waals surface area contributed by atoms with Crippen molar-refractivity contribution in [1.82, 2.24) is 0 Å². The van der Waals surface area contributed by atoms with E-state index < -0.39 is 0 Å². The fourth-order valence-electron chi connectivity index (χ4n) is 2.50. The zero-order valence-corrected chi connectivity index (χ0v) is 10.8. The fourth-order valence-corrected chi connectivity index (χ4v) is 3.10. The molecule has 0 aliphatic heterocycles. The summed E-state index contributed by atoms with van der Waals surface area (Å²) in [5.74, 6) is 0. The van der Waals surface area contributed by atoms with Crippen molar-refractivity contribution in [2.45, 2.75) is 44.6 Å². The Morgan fingerprint density at radius 2 is 1.80 bits per heavy atom. The highest BCUT2D eigenvalue weighted by molar-refractivity contribution is 9.10. The SMILES string of the molecule is Cc1cc(Br)cc(C2(N)CCCCC2)c1. The van der Waals surface area contributed by atoms with Crippen LogP contribution in [0.2, 0.25) is 0 Å². The van der Waals surface area contributed by atoms with Gasteiger partial charge in [-0.25, -0.2) is 0 Å². The summed E-state index contributed by atoms with van der Waals surface area (Å²) in [5, 5.41) is 0. The highest BCUT2D eigenvalue weighted by Gasteiger charge is 2.29. The van der Waals surface area contributed by atoms with Gasteiger partial charge in [-0.15, -0.1) is 0 Å². The van der Waals surface area contributed by atoms with Crippen LogP contribution in [0, 0.1) is 6.92 Å². The lowest BCUT2D eigenvalue weighted by Crippen LogP contribution is -2.38. The number of benzene rings is 1. The van der Waals surface area contributed by atoms with Crippen LogP contribution in [0.1, 0.15) is 43.2 Å². The Hall–Kier alpha value is -0.340. The molecular formula is C13H18BrN. The molecule has 0 amide bonds. The molecule has 0 unspecified atom stereocenters. The van der Waals surface area contributed by atoms with Crippen molar-refractivity contribution >= 4 is 15.9 Å². The second-order valence-corrected chi connectivity index (χ2v) is 5.65. The van der Waals surface area contributed by atoms with Gasteiger partial charge in [0.05, 0.1) is 0 Å². The molecule has 1 aliphatic rings. The van der Waals surface area contributed by atoms with Crippen LogP contribution in [-0.4, -0.2) is 0 Å². The molecule has 2 N–H and O–H groups in total. The first-order valence-electron chi connectivity index (χ1n) is 5.67. The lowest BCUT2D eigenvalue weighted by Gasteiger charge is -2.34. The fraction of sp³-hybridized carbons (Fsp3) is 0.538. The predicted molar refractivity (Wildman–Crippen MR) is 67.8 cm³/mol. The Morgan fingerprint density at radius 1 is 1.13 bits per heavy atom. The summed E-state index contributed by atoms with van der Waals surface area (Å²) in [5.41, 5.74) is 9.01. The van der Waals surface area contributed by atoms with E-state index in [1.54, 1.807) is 0 Å². The monoisotopic (exact) mass is 267 g/mol. The lowest BCUT2D eigenvalue weighted by molar-refractivity contribution is 0.302. The maximum absolute atomic E-state index is 6.50. The van der Waals surface area contributed by atoms with Gasteiger partial charge in [0.1, 0.15) is 0 Å². The molecule has 0 saturated heterocycles. The van der Waals surface area contributed by atoms with Gasteiger partial charge in [0, 0.05) is 10.0 Å². The van der Waals surface area contributed by atoms with Gasteiger partial charge in [-0.05, 0) is 43.0 Å². The van der Waals surface area contributed by atoms with Crippen molar-refractivity contribution in [2.24, 2.45) is 5.73 Å². The van der Waals surface area contributed by atoms with E-state index in [0.717, 1.165) is 17.3 Å². The minimum absolute atomic E-state index is 0.0766. The second-order valence-electron chi connectivity index (χ2n) is 4.73. The van der Waals surface area contributed by atoms with Crippen LogP contribution in [-0.2, 0) is 5.54 Å². The number of nitrogens with two attached hydrogens (primary N) is 1. The summed E-state index contributed by atoms with van der Waals surface area (Å²) in [7, 11) is 0. The quantitative estimate of drug-likeness (QED) is 0.821. The zero-order chi connectivity index (χ0) is 10.9. The van der Waals surface area contributed by atoms with E-state index in [-0.39, 0.29) is 5.54 Å². The number of halogens is 1. The van der Waals surface area contributed by atoms with E-state index in [9.17, 15) is 0 Å². The van der Waals surface area contributed by atoms with Crippen LogP contribution in [0.25, 0.3) is 0 Å². The van der Waals surface area contributed by atoms with E-state index in [2.05, 4.69) is 41.1 Å². The third kappa shape index (κ3) is 2.43. The molecule has 82 valence electrons. The lowest BCUT2D eigenvalue weighted by atomic mass is 9.77. The molecule has 0 aromatic heterocycles. The topological polar surface area (TPSA) is 26.0 Å². The van der Waals surface area contributed by atoms with Gasteiger partial charge < -0.3 is 5.73 Å². The Labute approximate surface area is 100 Å². The smallest absolute Gasteiger partial charge is 0.0410 e. The van der Waals surface area contributed by atoms with Crippen LogP contribution in [0.4, 0.5) is 0 Å². The highest BCUT2D eigenvalue weighted by atomic mass is 79.9. The number of rotatable bonds is 1. The van der Waals surface area contributed by atoms with Gasteiger partial charge in [0.15, 0.2) is 0 Å². The second kappa shape index (κ2) is 4.26. The molecule has 2 rings (SSSR count). The van der Waals surface area contributed by atoms with Crippen molar-refractivity contribution in [3.63, 3.8) is 0 Å². The van der Waals surface area contributed by atoms with Gasteiger partial charge in [0.25, 0.3) is 0 Å². The summed E-state index contributed by atoms with van der Waals surface area (Å²) in [6.45, 7) is 2.13. The Balaban J connectivity index is 2.34. The summed E-state index contributed by atoms with van der Waals surface area (Å²) < 4.78 is 1.15. The third-order valence-electron chi connectivity index (χ3n) is 3.36. The first-order valence-corrected chi connectivity index (χ1v) is 6.46. The molecule has 0 atom stereocenters. The normalized spacial score (nSPS) is 20.2. The summed E-state index contributed by atoms with van der Waals surface area (Å²) in [6.07, 6.45) is 6.13. The maximum atomic E-state index is 6.50. The van der Waals surface area contributed by atoms with E-state index in [0.29, 0.717) is 0 Å². The Bertz CT molecular complexity index is 333. The molecule has 0 spiro atoms. The molecule has 15 heavy (non-hydrogen) atoms. The minimum Gasteiger partial charge on any atom is -0.321 e. The van der Waals surface area contributed by atoms with Crippen molar-refractivity contribution in [3.05, 3.63) is 33.8 Å². The molecule has 2 heteroatoms. The predicted octanol–water partition coefficient (Wildman–Crippen LogP) is 3.88. The van der Waals surface area contributed by atoms with Gasteiger partial charge in [-0.2, -0.15) is 0 Å². The number of hydrogen-bond acceptors (Lipinski definition) is 1. The number of aryl methyl sites for hydroxylation is 1. The molecule has 1 saturated carbocycles.